The molecule has 2 fully saturated rings. The van der Waals surface area contributed by atoms with Gasteiger partial charge in [-0.2, -0.15) is 0 Å². The normalized spacial score (nSPS) is 29.5. The Bertz CT molecular complexity index is 947. The third-order valence-corrected chi connectivity index (χ3v) is 7.54. The second-order valence-electron chi connectivity index (χ2n) is 9.83. The number of likely N-dealkylation sites (N-methyl/N-ethyl adjacent to an activating group) is 1. The molecule has 2 aromatic carbocycles. The topological polar surface area (TPSA) is 58.6 Å². The maximum absolute atomic E-state index is 12.5. The smallest absolute Gasteiger partial charge is 0.407 e. The number of amides is 1. The predicted octanol–water partition coefficient (Wildman–Crippen LogP) is 4.76. The van der Waals surface area contributed by atoms with Gasteiger partial charge in [0.1, 0.15) is 12.4 Å². The van der Waals surface area contributed by atoms with Gasteiger partial charge in [0.05, 0.1) is 26.7 Å². The Kier molecular flexibility index (Phi) is 6.56. The molecule has 0 aromatic heterocycles. The summed E-state index contributed by atoms with van der Waals surface area (Å²) in [5.41, 5.74) is 2.12. The first-order valence-corrected chi connectivity index (χ1v) is 11.6. The van der Waals surface area contributed by atoms with Crippen LogP contribution in [0, 0.1) is 5.92 Å². The number of rotatable bonds is 6. The van der Waals surface area contributed by atoms with E-state index in [0.717, 1.165) is 55.4 Å². The SMILES string of the molecule is C=CC[N@@+]1(C)CC[C@@]2(c3cccc(O)c3)C[C@@H](NC(=O)OCc3ccccc3)CCC2C1. The number of ether oxygens (including phenoxy) is 1. The van der Waals surface area contributed by atoms with E-state index in [1.165, 1.54) is 5.56 Å². The highest BCUT2D eigenvalue weighted by Gasteiger charge is 2.52. The maximum atomic E-state index is 12.5. The number of carbonyl (C=O) groups is 1. The van der Waals surface area contributed by atoms with Gasteiger partial charge in [-0.15, -0.1) is 0 Å². The largest absolute Gasteiger partial charge is 0.508 e. The Morgan fingerprint density at radius 2 is 2.06 bits per heavy atom. The zero-order valence-corrected chi connectivity index (χ0v) is 19.0. The average Bonchev–Trinajstić information content (AvgIpc) is 2.79. The minimum Gasteiger partial charge on any atom is -0.508 e. The summed E-state index contributed by atoms with van der Waals surface area (Å²) in [6.07, 6.45) is 5.56. The van der Waals surface area contributed by atoms with Gasteiger partial charge in [-0.25, -0.2) is 4.79 Å². The number of phenols is 1. The van der Waals surface area contributed by atoms with Crippen LogP contribution in [0.4, 0.5) is 4.79 Å². The lowest BCUT2D eigenvalue weighted by Gasteiger charge is -2.55. The fourth-order valence-corrected chi connectivity index (χ4v) is 5.90. The van der Waals surface area contributed by atoms with Crippen molar-refractivity contribution in [2.24, 2.45) is 5.92 Å². The van der Waals surface area contributed by atoms with Crippen LogP contribution in [0.25, 0.3) is 0 Å². The molecule has 4 atom stereocenters. The van der Waals surface area contributed by atoms with E-state index in [9.17, 15) is 9.90 Å². The number of quaternary nitrogens is 1. The lowest BCUT2D eigenvalue weighted by Crippen LogP contribution is -2.62. The molecule has 1 unspecified atom stereocenters. The van der Waals surface area contributed by atoms with E-state index in [1.54, 1.807) is 6.07 Å². The van der Waals surface area contributed by atoms with Crippen LogP contribution in [0.1, 0.15) is 36.8 Å². The van der Waals surface area contributed by atoms with Crippen molar-refractivity contribution in [2.45, 2.75) is 43.7 Å². The number of nitrogens with zero attached hydrogens (tertiary/aromatic N) is 1. The summed E-state index contributed by atoms with van der Waals surface area (Å²) in [7, 11) is 2.32. The number of benzene rings is 2. The van der Waals surface area contributed by atoms with E-state index in [0.29, 0.717) is 11.7 Å². The van der Waals surface area contributed by atoms with Gasteiger partial charge in [-0.05, 0) is 48.6 Å². The summed E-state index contributed by atoms with van der Waals surface area (Å²) >= 11 is 0. The number of aromatic hydroxyl groups is 1. The van der Waals surface area contributed by atoms with Crippen LogP contribution in [0.2, 0.25) is 0 Å². The minimum atomic E-state index is -0.355. The molecule has 4 rings (SSSR count). The number of carbonyl (C=O) groups excluding carboxylic acids is 1. The molecular formula is C27H35N2O3+. The maximum Gasteiger partial charge on any atom is 0.407 e. The highest BCUT2D eigenvalue weighted by atomic mass is 16.5. The zero-order valence-electron chi connectivity index (χ0n) is 19.0. The van der Waals surface area contributed by atoms with Crippen LogP contribution in [0.5, 0.6) is 5.75 Å². The van der Waals surface area contributed by atoms with E-state index >= 15 is 0 Å². The molecule has 1 saturated carbocycles. The number of fused-ring (bicyclic) bond motifs is 1. The molecule has 2 N–H and O–H groups in total. The molecule has 0 spiro atoms. The van der Waals surface area contributed by atoms with Crippen molar-refractivity contribution in [1.29, 1.82) is 0 Å². The third kappa shape index (κ3) is 4.83. The van der Waals surface area contributed by atoms with Gasteiger partial charge < -0.3 is 19.6 Å². The van der Waals surface area contributed by atoms with Crippen molar-refractivity contribution in [3.8, 4) is 5.75 Å². The standard InChI is InChI=1S/C27H34N2O3/c1-3-15-29(2)16-14-27(22-10-7-11-25(30)17-22)18-24(13-12-23(27)19-29)28-26(31)32-20-21-8-5-4-6-9-21/h3-11,17,23-24H,1,12-16,18-20H2,2H3,(H-,28,30,31)/p+1/t23?,24-,27-,29-/m0/s1. The minimum absolute atomic E-state index is 0.0483. The van der Waals surface area contributed by atoms with Gasteiger partial charge in [0.25, 0.3) is 0 Å². The molecule has 5 nitrogen and oxygen atoms in total. The van der Waals surface area contributed by atoms with Crippen molar-refractivity contribution in [3.63, 3.8) is 0 Å². The Labute approximate surface area is 191 Å². The first kappa shape index (κ1) is 22.4. The molecule has 0 radical (unpaired) electrons. The van der Waals surface area contributed by atoms with Gasteiger partial charge in [0.2, 0.25) is 0 Å². The van der Waals surface area contributed by atoms with E-state index in [1.807, 2.05) is 48.5 Å². The summed E-state index contributed by atoms with van der Waals surface area (Å²) in [5, 5.41) is 13.3. The first-order valence-electron chi connectivity index (χ1n) is 11.6. The monoisotopic (exact) mass is 435 g/mol. The lowest BCUT2D eigenvalue weighted by atomic mass is 9.57. The van der Waals surface area contributed by atoms with Crippen molar-refractivity contribution in [1.82, 2.24) is 5.32 Å². The number of phenolic OH excluding ortho intramolecular Hbond substituents is 1. The summed E-state index contributed by atoms with van der Waals surface area (Å²) in [5.74, 6) is 0.809. The Morgan fingerprint density at radius 3 is 2.81 bits per heavy atom. The van der Waals surface area contributed by atoms with Gasteiger partial charge in [-0.1, -0.05) is 49.0 Å². The second kappa shape index (κ2) is 9.37. The number of piperidine rings is 1. The number of nitrogens with one attached hydrogen (secondary N) is 1. The quantitative estimate of drug-likeness (QED) is 0.508. The summed E-state index contributed by atoms with van der Waals surface area (Å²) in [6.45, 7) is 7.36. The van der Waals surface area contributed by atoms with Crippen molar-refractivity contribution >= 4 is 6.09 Å². The third-order valence-electron chi connectivity index (χ3n) is 7.54. The van der Waals surface area contributed by atoms with E-state index in [4.69, 9.17) is 4.74 Å². The van der Waals surface area contributed by atoms with Gasteiger partial charge in [0.15, 0.2) is 0 Å². The number of hydrogen-bond donors (Lipinski definition) is 2. The van der Waals surface area contributed by atoms with Gasteiger partial charge >= 0.3 is 6.09 Å². The molecule has 170 valence electrons. The lowest BCUT2D eigenvalue weighted by molar-refractivity contribution is -0.914. The number of likely N-dealkylation sites (tertiary alicyclic amines) is 1. The first-order chi connectivity index (χ1) is 15.4. The molecule has 2 aliphatic rings. The van der Waals surface area contributed by atoms with Crippen molar-refractivity contribution < 1.29 is 19.1 Å². The van der Waals surface area contributed by atoms with Gasteiger partial charge in [0, 0.05) is 23.8 Å². The molecule has 1 aliphatic carbocycles. The predicted molar refractivity (Wildman–Crippen MR) is 126 cm³/mol. The highest BCUT2D eigenvalue weighted by molar-refractivity contribution is 5.67. The summed E-state index contributed by atoms with van der Waals surface area (Å²) < 4.78 is 6.49. The molecular weight excluding hydrogens is 400 g/mol. The van der Waals surface area contributed by atoms with Crippen LogP contribution in [0.15, 0.2) is 67.3 Å². The molecule has 1 heterocycles. The second-order valence-corrected chi connectivity index (χ2v) is 9.83. The van der Waals surface area contributed by atoms with Crippen LogP contribution in [-0.2, 0) is 16.8 Å². The van der Waals surface area contributed by atoms with Crippen LogP contribution < -0.4 is 5.32 Å². The number of alkyl carbamates (subject to hydrolysis) is 1. The summed E-state index contributed by atoms with van der Waals surface area (Å²) in [6, 6.07) is 17.5. The summed E-state index contributed by atoms with van der Waals surface area (Å²) in [4.78, 5) is 12.5. The fraction of sp³-hybridized carbons (Fsp3) is 0.444. The highest BCUT2D eigenvalue weighted by Crippen LogP contribution is 2.50. The molecule has 0 bridgehead atoms. The molecule has 32 heavy (non-hydrogen) atoms. The van der Waals surface area contributed by atoms with E-state index < -0.39 is 0 Å². The van der Waals surface area contributed by atoms with Crippen LogP contribution >= 0.6 is 0 Å². The van der Waals surface area contributed by atoms with E-state index in [-0.39, 0.29) is 24.2 Å². The molecule has 2 aromatic rings. The molecule has 1 saturated heterocycles. The van der Waals surface area contributed by atoms with Crippen molar-refractivity contribution in [3.05, 3.63) is 78.4 Å². The molecule has 1 aliphatic heterocycles. The van der Waals surface area contributed by atoms with Crippen LogP contribution in [-0.4, -0.2) is 48.4 Å². The molecule has 1 amide bonds. The average molecular weight is 436 g/mol. The van der Waals surface area contributed by atoms with Crippen molar-refractivity contribution in [2.75, 3.05) is 26.7 Å². The number of hydrogen-bond acceptors (Lipinski definition) is 3. The Morgan fingerprint density at radius 1 is 1.25 bits per heavy atom. The zero-order chi connectivity index (χ0) is 22.6. The molecule has 5 heteroatoms. The Balaban J connectivity index is 1.49. The fourth-order valence-electron chi connectivity index (χ4n) is 5.90. The Hall–Kier alpha value is -2.79. The van der Waals surface area contributed by atoms with Crippen LogP contribution in [0.3, 0.4) is 0 Å². The van der Waals surface area contributed by atoms with E-state index in [2.05, 4.69) is 25.0 Å². The van der Waals surface area contributed by atoms with Gasteiger partial charge in [-0.3, -0.25) is 0 Å².